The third-order valence-corrected chi connectivity index (χ3v) is 17.3. The van der Waals surface area contributed by atoms with Crippen molar-refractivity contribution in [3.63, 3.8) is 0 Å². The van der Waals surface area contributed by atoms with E-state index in [9.17, 15) is 0 Å². The Morgan fingerprint density at radius 1 is 0.500 bits per heavy atom. The number of fused-ring (bicyclic) bond motifs is 5. The molecular formula is C72H70N4OPt. The SMILES string of the molecule is [2H]C([2H])([2H])c1cc(-n2c3ccccc3c3ccc(Oc4ccc5c(c4)C(n4[c](=[Pt])n(-c6c(-c7ccccc7)cccc6-c6cc(C(C)(C)C)cc(C(C)(C)C)c6)c6ccccc64)CCC5C)cc32)ncc1-c1ccc(C(C)(C)C)cc1. The zero-order valence-corrected chi connectivity index (χ0v) is 48.8. The maximum Gasteiger partial charge on any atom is 0.0374 e. The second kappa shape index (κ2) is 19.5. The molecule has 0 spiro atoms. The molecule has 0 aliphatic heterocycles. The van der Waals surface area contributed by atoms with Crippen molar-refractivity contribution in [2.75, 3.05) is 0 Å². The van der Waals surface area contributed by atoms with E-state index in [0.29, 0.717) is 23.0 Å². The Hall–Kier alpha value is -7.33. The van der Waals surface area contributed by atoms with Crippen molar-refractivity contribution in [3.05, 3.63) is 225 Å². The Morgan fingerprint density at radius 3 is 1.79 bits per heavy atom. The number of hydrogen-bond acceptors (Lipinski definition) is 2. The van der Waals surface area contributed by atoms with E-state index < -0.39 is 6.85 Å². The molecular weight excluding hydrogens is 1130 g/mol. The van der Waals surface area contributed by atoms with Crippen molar-refractivity contribution in [1.82, 2.24) is 18.7 Å². The monoisotopic (exact) mass is 1200 g/mol. The van der Waals surface area contributed by atoms with E-state index in [4.69, 9.17) is 13.8 Å². The molecule has 0 N–H and O–H groups in total. The average molecular weight is 1210 g/mol. The number of pyridine rings is 1. The maximum absolute atomic E-state index is 8.75. The van der Waals surface area contributed by atoms with Crippen LogP contribution in [0.5, 0.6) is 11.5 Å². The number of para-hydroxylation sites is 4. The smallest absolute Gasteiger partial charge is 0.0374 e. The summed E-state index contributed by atoms with van der Waals surface area (Å²) in [5.74, 6) is 2.32. The summed E-state index contributed by atoms with van der Waals surface area (Å²) in [5.41, 5.74) is 18.0. The Labute approximate surface area is 475 Å². The van der Waals surface area contributed by atoms with Crippen molar-refractivity contribution in [1.29, 1.82) is 0 Å². The van der Waals surface area contributed by atoms with Gasteiger partial charge in [-0.2, -0.15) is 0 Å². The van der Waals surface area contributed by atoms with Crippen LogP contribution in [0.3, 0.4) is 0 Å². The van der Waals surface area contributed by atoms with Crippen LogP contribution in [0, 0.1) is 10.7 Å². The van der Waals surface area contributed by atoms with Gasteiger partial charge in [0.05, 0.1) is 0 Å². The normalized spacial score (nSPS) is 15.8. The molecule has 0 radical (unpaired) electrons. The molecule has 12 rings (SSSR count). The fourth-order valence-corrected chi connectivity index (χ4v) is 13.0. The molecule has 5 nitrogen and oxygen atoms in total. The minimum Gasteiger partial charge on any atom is -0.238 e. The molecule has 394 valence electrons. The van der Waals surface area contributed by atoms with Crippen molar-refractivity contribution < 1.29 is 28.2 Å². The molecule has 1 aliphatic carbocycles. The van der Waals surface area contributed by atoms with Crippen LogP contribution in [0.4, 0.5) is 0 Å². The molecule has 3 heterocycles. The molecule has 0 fully saturated rings. The summed E-state index contributed by atoms with van der Waals surface area (Å²) in [6.07, 6.45) is 3.73. The molecule has 0 saturated carbocycles. The van der Waals surface area contributed by atoms with E-state index in [2.05, 4.69) is 248 Å². The van der Waals surface area contributed by atoms with Gasteiger partial charge >= 0.3 is 353 Å². The fourth-order valence-electron chi connectivity index (χ4n) is 11.8. The van der Waals surface area contributed by atoms with Gasteiger partial charge in [0.15, 0.2) is 0 Å². The van der Waals surface area contributed by atoms with Gasteiger partial charge in [-0.25, -0.2) is 4.98 Å². The number of aromatic nitrogens is 4. The summed E-state index contributed by atoms with van der Waals surface area (Å²) < 4.78 is 41.6. The van der Waals surface area contributed by atoms with Gasteiger partial charge in [-0.3, -0.25) is 0 Å². The number of aryl methyl sites for hydroxylation is 1. The van der Waals surface area contributed by atoms with Gasteiger partial charge in [-0.05, 0) is 41.1 Å². The molecule has 3 aromatic heterocycles. The largest absolute Gasteiger partial charge is 0.238 e. The van der Waals surface area contributed by atoms with Crippen LogP contribution in [0.2, 0.25) is 0 Å². The summed E-state index contributed by atoms with van der Waals surface area (Å²) in [4.78, 5) is 5.03. The third kappa shape index (κ3) is 9.22. The maximum atomic E-state index is 8.75. The fraction of sp³-hybridized carbons (Fsp3) is 0.250. The van der Waals surface area contributed by atoms with Gasteiger partial charge in [0.1, 0.15) is 0 Å². The second-order valence-corrected chi connectivity index (χ2v) is 25.7. The first-order valence-electron chi connectivity index (χ1n) is 29.0. The van der Waals surface area contributed by atoms with E-state index in [0.717, 1.165) is 61.0 Å². The van der Waals surface area contributed by atoms with Crippen molar-refractivity contribution in [3.8, 4) is 56.4 Å². The minimum absolute atomic E-state index is 0.0188. The Morgan fingerprint density at radius 2 is 1.10 bits per heavy atom. The van der Waals surface area contributed by atoms with Crippen LogP contribution in [0.1, 0.15) is 132 Å². The topological polar surface area (TPSA) is 36.9 Å². The second-order valence-electron chi connectivity index (χ2n) is 24.6. The Kier molecular flexibility index (Phi) is 12.0. The van der Waals surface area contributed by atoms with Crippen LogP contribution < -0.4 is 4.74 Å². The number of nitrogens with zero attached hydrogens (tertiary/aromatic N) is 4. The van der Waals surface area contributed by atoms with Crippen molar-refractivity contribution in [2.45, 2.75) is 117 Å². The van der Waals surface area contributed by atoms with Gasteiger partial charge in [0.25, 0.3) is 0 Å². The van der Waals surface area contributed by atoms with Crippen LogP contribution >= 0.6 is 0 Å². The first-order chi connectivity index (χ1) is 38.5. The number of benzene rings is 8. The van der Waals surface area contributed by atoms with Crippen LogP contribution in [0.25, 0.3) is 77.7 Å². The third-order valence-electron chi connectivity index (χ3n) is 16.3. The van der Waals surface area contributed by atoms with E-state index in [1.165, 1.54) is 55.6 Å². The van der Waals surface area contributed by atoms with Crippen LogP contribution in [-0.4, -0.2) is 18.7 Å². The molecule has 2 atom stereocenters. The molecule has 8 aromatic carbocycles. The molecule has 11 aromatic rings. The number of hydrogen-bond donors (Lipinski definition) is 0. The average Bonchev–Trinajstić information content (AvgIpc) is 3.18. The minimum atomic E-state index is -2.39. The quantitative estimate of drug-likeness (QED) is 0.152. The van der Waals surface area contributed by atoms with Crippen molar-refractivity contribution in [2.24, 2.45) is 0 Å². The molecule has 0 saturated heterocycles. The van der Waals surface area contributed by atoms with E-state index in [1.807, 2.05) is 30.3 Å². The zero-order valence-electron chi connectivity index (χ0n) is 49.5. The van der Waals surface area contributed by atoms with E-state index in [1.54, 1.807) is 12.3 Å². The van der Waals surface area contributed by atoms with E-state index in [-0.39, 0.29) is 27.9 Å². The summed E-state index contributed by atoms with van der Waals surface area (Å²) in [6.45, 7) is 20.4. The number of ether oxygens (including phenoxy) is 1. The first-order valence-corrected chi connectivity index (χ1v) is 28.7. The van der Waals surface area contributed by atoms with Gasteiger partial charge in [0, 0.05) is 15.9 Å². The Balaban J connectivity index is 0.978. The van der Waals surface area contributed by atoms with Gasteiger partial charge in [-0.1, -0.05) is 63.2 Å². The number of imidazole rings is 1. The van der Waals surface area contributed by atoms with Gasteiger partial charge in [0.2, 0.25) is 0 Å². The predicted octanol–water partition coefficient (Wildman–Crippen LogP) is 19.5. The van der Waals surface area contributed by atoms with Crippen molar-refractivity contribution >= 4 is 32.8 Å². The molecule has 0 bridgehead atoms. The molecule has 6 heteroatoms. The Bertz CT molecular complexity index is 4260. The zero-order chi connectivity index (χ0) is 56.9. The first kappa shape index (κ1) is 47.8. The standard InChI is InChI=1S/C72H70N4O.Pt/c1-46-28-37-63(74-45-75(66-27-18-17-26-65(66)74)69-57(48-20-13-12-14-21-48)23-19-24-58(69)50-39-52(71(6,7)8)41-53(40-50)72(9,10)11)61-42-54(33-35-56(46)61)77-55-34-36-60-59-22-15-16-25-64(59)76(67(60)43-55)68-38-47(2)62(44-73-68)49-29-31-51(32-30-49)70(3,4)5;/h12-27,29-36,38-44,46,63H,28,37H2,1-11H3;/i2D3;. The van der Waals surface area contributed by atoms with Crippen LogP contribution in [0.15, 0.2) is 188 Å². The summed E-state index contributed by atoms with van der Waals surface area (Å²) in [7, 11) is 0. The molecule has 78 heavy (non-hydrogen) atoms. The summed E-state index contributed by atoms with van der Waals surface area (Å²) in [6, 6.07) is 64.9. The van der Waals surface area contributed by atoms with E-state index >= 15 is 0 Å². The van der Waals surface area contributed by atoms with Crippen LogP contribution in [-0.2, 0) is 35.6 Å². The summed E-state index contributed by atoms with van der Waals surface area (Å²) >= 11 is 2.61. The van der Waals surface area contributed by atoms with Gasteiger partial charge in [-0.15, -0.1) is 0 Å². The summed E-state index contributed by atoms with van der Waals surface area (Å²) in [5, 5.41) is 2.06. The predicted molar refractivity (Wildman–Crippen MR) is 323 cm³/mol. The molecule has 1 aliphatic rings. The molecule has 0 amide bonds. The number of rotatable bonds is 8. The van der Waals surface area contributed by atoms with Gasteiger partial charge < -0.3 is 0 Å². The molecule has 2 unspecified atom stereocenters.